The summed E-state index contributed by atoms with van der Waals surface area (Å²) in [7, 11) is 1.58. The molecule has 1 aliphatic heterocycles. The first kappa shape index (κ1) is 24.4. The van der Waals surface area contributed by atoms with Gasteiger partial charge in [-0.3, -0.25) is 9.69 Å². The molecule has 0 radical (unpaired) electrons. The van der Waals surface area contributed by atoms with Gasteiger partial charge in [0.2, 0.25) is 0 Å². The van der Waals surface area contributed by atoms with Crippen LogP contribution in [0, 0.1) is 0 Å². The lowest BCUT2D eigenvalue weighted by molar-refractivity contribution is -0.138. The number of carbonyl (C=O) groups excluding carboxylic acids is 1. The molecule has 0 aromatic heterocycles. The number of piperazine rings is 1. The molecule has 0 saturated carbocycles. The first-order chi connectivity index (χ1) is 15.3. The summed E-state index contributed by atoms with van der Waals surface area (Å²) in [6.45, 7) is 4.48. The van der Waals surface area contributed by atoms with Crippen LogP contribution in [-0.2, 0) is 6.18 Å². The molecule has 1 amide bonds. The van der Waals surface area contributed by atoms with Crippen molar-refractivity contribution < 1.29 is 22.7 Å². The van der Waals surface area contributed by atoms with Crippen molar-refractivity contribution >= 4 is 27.5 Å². The summed E-state index contributed by atoms with van der Waals surface area (Å²) in [5.74, 6) is 0.608. The van der Waals surface area contributed by atoms with E-state index < -0.39 is 11.7 Å². The molecule has 0 unspecified atom stereocenters. The summed E-state index contributed by atoms with van der Waals surface area (Å²) < 4.78 is 44.6. The lowest BCUT2D eigenvalue weighted by Crippen LogP contribution is -2.46. The third-order valence-electron chi connectivity index (χ3n) is 5.53. The monoisotopic (exact) mass is 513 g/mol. The summed E-state index contributed by atoms with van der Waals surface area (Å²) in [6.07, 6.45) is -2.57. The van der Waals surface area contributed by atoms with Crippen LogP contribution in [0.15, 0.2) is 46.9 Å². The molecular formula is C23H27BrF3N3O2. The first-order valence-electron chi connectivity index (χ1n) is 10.5. The SMILES string of the molecule is COc1ccc(C(=O)NCCCCN2CCN(c3ccc(Br)c(C(F)(F)F)c3)CC2)cc1. The van der Waals surface area contributed by atoms with Gasteiger partial charge in [0.1, 0.15) is 5.75 Å². The standard InChI is InChI=1S/C23H27BrF3N3O2/c1-32-19-7-4-17(5-8-19)22(31)28-10-2-3-11-29-12-14-30(15-13-29)18-6-9-21(24)20(16-18)23(25,26)27/h4-9,16H,2-3,10-15H2,1H3,(H,28,31). The number of alkyl halides is 3. The second-order valence-electron chi connectivity index (χ2n) is 7.68. The molecule has 0 aliphatic carbocycles. The van der Waals surface area contributed by atoms with Crippen molar-refractivity contribution in [1.82, 2.24) is 10.2 Å². The molecule has 2 aromatic rings. The van der Waals surface area contributed by atoms with Gasteiger partial charge in [-0.25, -0.2) is 0 Å². The molecule has 1 N–H and O–H groups in total. The lowest BCUT2D eigenvalue weighted by Gasteiger charge is -2.36. The number of nitrogens with one attached hydrogen (secondary N) is 1. The molecule has 2 aromatic carbocycles. The molecule has 1 heterocycles. The Morgan fingerprint density at radius 2 is 1.75 bits per heavy atom. The quantitative estimate of drug-likeness (QED) is 0.514. The molecule has 1 aliphatic rings. The van der Waals surface area contributed by atoms with Crippen molar-refractivity contribution in [2.75, 3.05) is 51.3 Å². The Kier molecular flexibility index (Phi) is 8.42. The van der Waals surface area contributed by atoms with Gasteiger partial charge < -0.3 is 15.0 Å². The maximum atomic E-state index is 13.1. The molecule has 9 heteroatoms. The van der Waals surface area contributed by atoms with E-state index in [1.54, 1.807) is 37.4 Å². The predicted molar refractivity (Wildman–Crippen MR) is 122 cm³/mol. The topological polar surface area (TPSA) is 44.8 Å². The zero-order valence-corrected chi connectivity index (χ0v) is 19.5. The smallest absolute Gasteiger partial charge is 0.417 e. The molecule has 32 heavy (non-hydrogen) atoms. The van der Waals surface area contributed by atoms with Crippen LogP contribution in [0.1, 0.15) is 28.8 Å². The van der Waals surface area contributed by atoms with Crippen LogP contribution in [0.4, 0.5) is 18.9 Å². The van der Waals surface area contributed by atoms with Gasteiger partial charge in [0, 0.05) is 48.4 Å². The zero-order chi connectivity index (χ0) is 23.1. The summed E-state index contributed by atoms with van der Waals surface area (Å²) in [6, 6.07) is 11.4. The Bertz CT molecular complexity index is 898. The van der Waals surface area contributed by atoms with Gasteiger partial charge in [-0.05, 0) is 61.9 Å². The van der Waals surface area contributed by atoms with Crippen LogP contribution >= 0.6 is 15.9 Å². The van der Waals surface area contributed by atoms with Crippen molar-refractivity contribution in [3.63, 3.8) is 0 Å². The van der Waals surface area contributed by atoms with Gasteiger partial charge in [0.05, 0.1) is 12.7 Å². The van der Waals surface area contributed by atoms with E-state index in [0.717, 1.165) is 32.5 Å². The van der Waals surface area contributed by atoms with Gasteiger partial charge in [0.15, 0.2) is 0 Å². The van der Waals surface area contributed by atoms with E-state index in [9.17, 15) is 18.0 Å². The van der Waals surface area contributed by atoms with Gasteiger partial charge in [0.25, 0.3) is 5.91 Å². The minimum atomic E-state index is -4.38. The highest BCUT2D eigenvalue weighted by atomic mass is 79.9. The molecule has 5 nitrogen and oxygen atoms in total. The summed E-state index contributed by atoms with van der Waals surface area (Å²) in [5, 5.41) is 2.92. The Balaban J connectivity index is 1.36. The maximum absolute atomic E-state index is 13.1. The highest BCUT2D eigenvalue weighted by molar-refractivity contribution is 9.10. The third kappa shape index (κ3) is 6.62. The number of hydrogen-bond acceptors (Lipinski definition) is 4. The number of carbonyl (C=O) groups is 1. The van der Waals surface area contributed by atoms with Crippen LogP contribution in [0.2, 0.25) is 0 Å². The van der Waals surface area contributed by atoms with Crippen LogP contribution in [0.3, 0.4) is 0 Å². The number of rotatable bonds is 8. The maximum Gasteiger partial charge on any atom is 0.417 e. The molecule has 174 valence electrons. The Labute approximate surface area is 194 Å². The first-order valence-corrected chi connectivity index (χ1v) is 11.3. The van der Waals surface area contributed by atoms with Crippen molar-refractivity contribution in [3.8, 4) is 5.75 Å². The molecular weight excluding hydrogens is 487 g/mol. The molecule has 0 bridgehead atoms. The number of amides is 1. The fourth-order valence-corrected chi connectivity index (χ4v) is 4.14. The number of unbranched alkanes of at least 4 members (excludes halogenated alkanes) is 1. The van der Waals surface area contributed by atoms with E-state index in [1.807, 2.05) is 4.90 Å². The Morgan fingerprint density at radius 3 is 2.38 bits per heavy atom. The summed E-state index contributed by atoms with van der Waals surface area (Å²) >= 11 is 2.99. The fourth-order valence-electron chi connectivity index (χ4n) is 3.66. The van der Waals surface area contributed by atoms with E-state index in [2.05, 4.69) is 26.1 Å². The lowest BCUT2D eigenvalue weighted by atomic mass is 10.1. The Hall–Kier alpha value is -2.26. The number of methoxy groups -OCH3 is 1. The van der Waals surface area contributed by atoms with Crippen LogP contribution in [0.25, 0.3) is 0 Å². The number of hydrogen-bond donors (Lipinski definition) is 1. The van der Waals surface area contributed by atoms with E-state index in [0.29, 0.717) is 36.6 Å². The van der Waals surface area contributed by atoms with Crippen LogP contribution in [0.5, 0.6) is 5.75 Å². The summed E-state index contributed by atoms with van der Waals surface area (Å²) in [4.78, 5) is 16.4. The van der Waals surface area contributed by atoms with Gasteiger partial charge >= 0.3 is 6.18 Å². The van der Waals surface area contributed by atoms with Crippen molar-refractivity contribution in [2.45, 2.75) is 19.0 Å². The van der Waals surface area contributed by atoms with E-state index in [-0.39, 0.29) is 10.4 Å². The predicted octanol–water partition coefficient (Wildman–Crippen LogP) is 4.81. The molecule has 0 spiro atoms. The Morgan fingerprint density at radius 1 is 1.06 bits per heavy atom. The normalized spacial score (nSPS) is 15.0. The highest BCUT2D eigenvalue weighted by Crippen LogP contribution is 2.37. The van der Waals surface area contributed by atoms with Crippen molar-refractivity contribution in [1.29, 1.82) is 0 Å². The molecule has 1 fully saturated rings. The average molecular weight is 514 g/mol. The minimum Gasteiger partial charge on any atom is -0.497 e. The fraction of sp³-hybridized carbons (Fsp3) is 0.435. The van der Waals surface area contributed by atoms with Crippen LogP contribution in [-0.4, -0.2) is 57.2 Å². The molecule has 1 saturated heterocycles. The molecule has 3 rings (SSSR count). The highest BCUT2D eigenvalue weighted by Gasteiger charge is 2.33. The number of nitrogens with zero attached hydrogens (tertiary/aromatic N) is 2. The van der Waals surface area contributed by atoms with Crippen LogP contribution < -0.4 is 15.0 Å². The average Bonchev–Trinajstić information content (AvgIpc) is 2.79. The zero-order valence-electron chi connectivity index (χ0n) is 17.9. The summed E-state index contributed by atoms with van der Waals surface area (Å²) in [5.41, 5.74) is 0.555. The van der Waals surface area contributed by atoms with Gasteiger partial charge in [-0.15, -0.1) is 0 Å². The van der Waals surface area contributed by atoms with E-state index >= 15 is 0 Å². The van der Waals surface area contributed by atoms with Crippen molar-refractivity contribution in [2.24, 2.45) is 0 Å². The third-order valence-corrected chi connectivity index (χ3v) is 6.22. The molecule has 0 atom stereocenters. The van der Waals surface area contributed by atoms with Gasteiger partial charge in [-0.1, -0.05) is 15.9 Å². The van der Waals surface area contributed by atoms with E-state index in [4.69, 9.17) is 4.74 Å². The van der Waals surface area contributed by atoms with Gasteiger partial charge in [-0.2, -0.15) is 13.2 Å². The van der Waals surface area contributed by atoms with E-state index in [1.165, 1.54) is 12.1 Å². The second-order valence-corrected chi connectivity index (χ2v) is 8.54. The number of halogens is 4. The second kappa shape index (κ2) is 11.0. The number of anilines is 1. The number of benzene rings is 2. The van der Waals surface area contributed by atoms with Crippen molar-refractivity contribution in [3.05, 3.63) is 58.1 Å². The largest absolute Gasteiger partial charge is 0.497 e. The number of ether oxygens (including phenoxy) is 1. The minimum absolute atomic E-state index is 0.0615.